The molecule has 4 rings (SSSR count). The zero-order chi connectivity index (χ0) is 23.8. The molecule has 2 aromatic heterocycles. The maximum atomic E-state index is 12.6. The molecule has 0 saturated carbocycles. The average molecular weight is 453 g/mol. The lowest BCUT2D eigenvalue weighted by molar-refractivity contribution is 0.0169. The van der Waals surface area contributed by atoms with Crippen LogP contribution in [0, 0.1) is 0 Å². The molecule has 1 aliphatic heterocycles. The first kappa shape index (κ1) is 22.3. The van der Waals surface area contributed by atoms with Gasteiger partial charge in [-0.25, -0.2) is 19.4 Å². The summed E-state index contributed by atoms with van der Waals surface area (Å²) in [5, 5.41) is 17.4. The first-order valence-corrected chi connectivity index (χ1v) is 10.7. The summed E-state index contributed by atoms with van der Waals surface area (Å²) in [5.41, 5.74) is 13.9. The lowest BCUT2D eigenvalue weighted by Gasteiger charge is -2.34. The van der Waals surface area contributed by atoms with Gasteiger partial charge in [0.25, 0.3) is 0 Å². The van der Waals surface area contributed by atoms with Crippen LogP contribution in [0.25, 0.3) is 22.3 Å². The molecule has 3 heterocycles. The maximum Gasteiger partial charge on any atom is 0.410 e. The smallest absolute Gasteiger partial charge is 0.410 e. The number of hydrogen-bond acceptors (Lipinski definition) is 8. The van der Waals surface area contributed by atoms with E-state index < -0.39 is 5.60 Å². The van der Waals surface area contributed by atoms with Gasteiger partial charge in [-0.1, -0.05) is 29.4 Å². The minimum absolute atomic E-state index is 0.0178. The van der Waals surface area contributed by atoms with Crippen molar-refractivity contribution in [2.45, 2.75) is 45.3 Å². The molecule has 0 radical (unpaired) electrons. The molecule has 33 heavy (non-hydrogen) atoms. The van der Waals surface area contributed by atoms with E-state index in [0.29, 0.717) is 41.2 Å². The van der Waals surface area contributed by atoms with E-state index in [1.807, 2.05) is 37.6 Å². The fraction of sp³-hybridized carbons (Fsp3) is 0.409. The molecule has 11 nitrogen and oxygen atoms in total. The molecule has 0 unspecified atom stereocenters. The SMILES string of the molecule is CC(C)(C)OC(=O)N1CCC[C@@H](n2nc(-c3ccc(/C(N)=N/O)cc3)c3c(N)ncnc32)C1. The molecule has 0 bridgehead atoms. The van der Waals surface area contributed by atoms with Crippen molar-refractivity contribution in [3.63, 3.8) is 0 Å². The van der Waals surface area contributed by atoms with Gasteiger partial charge >= 0.3 is 6.09 Å². The molecule has 11 heteroatoms. The van der Waals surface area contributed by atoms with Crippen LogP contribution in [0.2, 0.25) is 0 Å². The Kier molecular flexibility index (Phi) is 5.79. The third kappa shape index (κ3) is 4.52. The van der Waals surface area contributed by atoms with Gasteiger partial charge in [0.05, 0.1) is 11.4 Å². The third-order valence-electron chi connectivity index (χ3n) is 5.47. The highest BCUT2D eigenvalue weighted by molar-refractivity contribution is 6.00. The van der Waals surface area contributed by atoms with Crippen LogP contribution >= 0.6 is 0 Å². The first-order valence-electron chi connectivity index (χ1n) is 10.7. The number of amidine groups is 1. The molecular formula is C22H28N8O3. The van der Waals surface area contributed by atoms with Gasteiger partial charge in [-0.15, -0.1) is 0 Å². The Labute approximate surface area is 191 Å². The fourth-order valence-electron chi connectivity index (χ4n) is 3.96. The van der Waals surface area contributed by atoms with Crippen LogP contribution in [0.3, 0.4) is 0 Å². The summed E-state index contributed by atoms with van der Waals surface area (Å²) in [6.07, 6.45) is 2.73. The third-order valence-corrected chi connectivity index (χ3v) is 5.47. The Balaban J connectivity index is 1.71. The number of fused-ring (bicyclic) bond motifs is 1. The number of hydrogen-bond donors (Lipinski definition) is 3. The quantitative estimate of drug-likeness (QED) is 0.237. The van der Waals surface area contributed by atoms with E-state index in [-0.39, 0.29) is 18.0 Å². The van der Waals surface area contributed by atoms with Crippen LogP contribution in [0.1, 0.15) is 45.2 Å². The predicted molar refractivity (Wildman–Crippen MR) is 124 cm³/mol. The Morgan fingerprint density at radius 3 is 2.64 bits per heavy atom. The van der Waals surface area contributed by atoms with E-state index in [1.54, 1.807) is 17.0 Å². The number of carbonyl (C=O) groups excluding carboxylic acids is 1. The van der Waals surface area contributed by atoms with Gasteiger partial charge in [0.15, 0.2) is 11.5 Å². The number of ether oxygens (including phenoxy) is 1. The maximum absolute atomic E-state index is 12.6. The van der Waals surface area contributed by atoms with Crippen LogP contribution in [0.4, 0.5) is 10.6 Å². The minimum Gasteiger partial charge on any atom is -0.444 e. The van der Waals surface area contributed by atoms with Gasteiger partial charge < -0.3 is 26.3 Å². The number of nitrogens with two attached hydrogens (primary N) is 2. The standard InChI is InChI=1S/C22H28N8O3/c1-22(2,3)33-21(31)29-10-4-5-15(11-29)30-20-16(19(24)25-12-26-20)17(27-30)13-6-8-14(9-7-13)18(23)28-32/h6-9,12,15,32H,4-5,10-11H2,1-3H3,(H2,23,28)(H2,24,25,26)/t15-/m1/s1. The molecule has 174 valence electrons. The van der Waals surface area contributed by atoms with Crippen molar-refractivity contribution in [3.8, 4) is 11.3 Å². The van der Waals surface area contributed by atoms with Crippen molar-refractivity contribution < 1.29 is 14.7 Å². The lowest BCUT2D eigenvalue weighted by atomic mass is 10.1. The number of carbonyl (C=O) groups is 1. The molecule has 0 spiro atoms. The Bertz CT molecular complexity index is 1200. The van der Waals surface area contributed by atoms with E-state index in [9.17, 15) is 4.79 Å². The van der Waals surface area contributed by atoms with Gasteiger partial charge in [-0.3, -0.25) is 0 Å². The summed E-state index contributed by atoms with van der Waals surface area (Å²) >= 11 is 0. The van der Waals surface area contributed by atoms with E-state index in [0.717, 1.165) is 18.4 Å². The number of nitrogens with zero attached hydrogens (tertiary/aromatic N) is 6. The second-order valence-corrected chi connectivity index (χ2v) is 9.04. The van der Waals surface area contributed by atoms with Gasteiger partial charge in [0.2, 0.25) is 0 Å². The van der Waals surface area contributed by atoms with Crippen molar-refractivity contribution >= 4 is 28.8 Å². The Morgan fingerprint density at radius 1 is 1.24 bits per heavy atom. The number of likely N-dealkylation sites (tertiary alicyclic amines) is 1. The number of amides is 1. The zero-order valence-electron chi connectivity index (χ0n) is 18.9. The summed E-state index contributed by atoms with van der Waals surface area (Å²) in [5.74, 6) is 0.339. The molecule has 1 saturated heterocycles. The number of anilines is 1. The Hall–Kier alpha value is -3.89. The van der Waals surface area contributed by atoms with Crippen molar-refractivity contribution in [1.29, 1.82) is 0 Å². The van der Waals surface area contributed by atoms with Gasteiger partial charge in [-0.05, 0) is 33.6 Å². The normalized spacial score (nSPS) is 17.4. The van der Waals surface area contributed by atoms with Gasteiger partial charge in [0.1, 0.15) is 23.4 Å². The summed E-state index contributed by atoms with van der Waals surface area (Å²) < 4.78 is 7.39. The molecule has 1 aromatic carbocycles. The molecule has 3 aromatic rings. The molecule has 1 aliphatic rings. The van der Waals surface area contributed by atoms with E-state index in [1.165, 1.54) is 6.33 Å². The highest BCUT2D eigenvalue weighted by Gasteiger charge is 2.31. The van der Waals surface area contributed by atoms with E-state index in [4.69, 9.17) is 26.5 Å². The first-order chi connectivity index (χ1) is 15.7. The Morgan fingerprint density at radius 2 is 1.97 bits per heavy atom. The molecule has 1 fully saturated rings. The number of benzene rings is 1. The highest BCUT2D eigenvalue weighted by atomic mass is 16.6. The van der Waals surface area contributed by atoms with Crippen LogP contribution in [0.5, 0.6) is 0 Å². The lowest BCUT2D eigenvalue weighted by Crippen LogP contribution is -2.43. The van der Waals surface area contributed by atoms with E-state index in [2.05, 4.69) is 15.1 Å². The largest absolute Gasteiger partial charge is 0.444 e. The van der Waals surface area contributed by atoms with Crippen molar-refractivity contribution in [2.75, 3.05) is 18.8 Å². The molecule has 0 aliphatic carbocycles. The predicted octanol–water partition coefficient (Wildman–Crippen LogP) is 2.74. The average Bonchev–Trinajstić information content (AvgIpc) is 3.19. The summed E-state index contributed by atoms with van der Waals surface area (Å²) in [6.45, 7) is 6.64. The summed E-state index contributed by atoms with van der Waals surface area (Å²) in [7, 11) is 0. The van der Waals surface area contributed by atoms with Crippen molar-refractivity contribution in [1.82, 2.24) is 24.6 Å². The molecular weight excluding hydrogens is 424 g/mol. The highest BCUT2D eigenvalue weighted by Crippen LogP contribution is 2.34. The van der Waals surface area contributed by atoms with Crippen molar-refractivity contribution in [3.05, 3.63) is 36.2 Å². The van der Waals surface area contributed by atoms with Gasteiger partial charge in [-0.2, -0.15) is 5.10 Å². The number of piperidine rings is 1. The molecule has 5 N–H and O–H groups in total. The van der Waals surface area contributed by atoms with Crippen LogP contribution < -0.4 is 11.5 Å². The van der Waals surface area contributed by atoms with Crippen LogP contribution in [0.15, 0.2) is 35.7 Å². The number of aromatic nitrogens is 4. The topological polar surface area (TPSA) is 158 Å². The summed E-state index contributed by atoms with van der Waals surface area (Å²) in [4.78, 5) is 23.0. The molecule has 1 atom stereocenters. The summed E-state index contributed by atoms with van der Waals surface area (Å²) in [6, 6.07) is 7.02. The number of oxime groups is 1. The monoisotopic (exact) mass is 452 g/mol. The van der Waals surface area contributed by atoms with Crippen LogP contribution in [-0.4, -0.2) is 60.5 Å². The number of nitrogen functional groups attached to an aromatic ring is 1. The minimum atomic E-state index is -0.562. The zero-order valence-corrected chi connectivity index (χ0v) is 18.9. The second kappa shape index (κ2) is 8.57. The fourth-order valence-corrected chi connectivity index (χ4v) is 3.96. The molecule has 1 amide bonds. The van der Waals surface area contributed by atoms with Crippen LogP contribution in [-0.2, 0) is 4.74 Å². The van der Waals surface area contributed by atoms with Gasteiger partial charge in [0, 0.05) is 24.2 Å². The number of rotatable bonds is 3. The van der Waals surface area contributed by atoms with Crippen molar-refractivity contribution in [2.24, 2.45) is 10.9 Å². The van der Waals surface area contributed by atoms with E-state index >= 15 is 0 Å². The second-order valence-electron chi connectivity index (χ2n) is 9.04.